The van der Waals surface area contributed by atoms with Crippen molar-refractivity contribution >= 4 is 5.69 Å². The zero-order valence-electron chi connectivity index (χ0n) is 12.5. The van der Waals surface area contributed by atoms with Gasteiger partial charge in [-0.2, -0.15) is 0 Å². The summed E-state index contributed by atoms with van der Waals surface area (Å²) in [4.78, 5) is 2.55. The van der Waals surface area contributed by atoms with Gasteiger partial charge in [0.05, 0.1) is 6.61 Å². The summed E-state index contributed by atoms with van der Waals surface area (Å²) in [5, 5.41) is 0. The van der Waals surface area contributed by atoms with Crippen LogP contribution in [0.15, 0.2) is 18.2 Å². The predicted octanol–water partition coefficient (Wildman–Crippen LogP) is 3.26. The molecular weight excluding hydrogens is 248 g/mol. The molecule has 1 aromatic carbocycles. The zero-order valence-corrected chi connectivity index (χ0v) is 12.5. The molecule has 2 aliphatic rings. The number of likely N-dealkylation sites (tertiary alicyclic amines) is 1. The molecular formula is C17H26N2O. The average molecular weight is 274 g/mol. The summed E-state index contributed by atoms with van der Waals surface area (Å²) in [6.07, 6.45) is 5.05. The number of nitrogen functional groups attached to an aromatic ring is 1. The van der Waals surface area contributed by atoms with Crippen LogP contribution in [0.3, 0.4) is 0 Å². The van der Waals surface area contributed by atoms with E-state index in [1.165, 1.54) is 37.9 Å². The summed E-state index contributed by atoms with van der Waals surface area (Å²) >= 11 is 0. The third-order valence-electron chi connectivity index (χ3n) is 4.44. The number of rotatable bonds is 6. The molecule has 0 aromatic heterocycles. The smallest absolute Gasteiger partial charge is 0.124 e. The highest BCUT2D eigenvalue weighted by molar-refractivity contribution is 5.50. The fourth-order valence-electron chi connectivity index (χ4n) is 3.11. The summed E-state index contributed by atoms with van der Waals surface area (Å²) in [6.45, 7) is 6.81. The van der Waals surface area contributed by atoms with Crippen molar-refractivity contribution in [2.24, 2.45) is 5.92 Å². The van der Waals surface area contributed by atoms with E-state index in [1.807, 2.05) is 12.1 Å². The highest BCUT2D eigenvalue weighted by Gasteiger charge is 2.26. The number of nitrogens with zero attached hydrogens (tertiary/aromatic N) is 1. The molecule has 0 bridgehead atoms. The Hall–Kier alpha value is -1.22. The molecule has 3 heteroatoms. The van der Waals surface area contributed by atoms with Gasteiger partial charge in [-0.15, -0.1) is 0 Å². The SMILES string of the molecule is C[C@@H]1CCN(CCCOc2cc(N)ccc2C2CC2)C1. The highest BCUT2D eigenvalue weighted by Crippen LogP contribution is 2.44. The molecule has 1 atom stereocenters. The van der Waals surface area contributed by atoms with Crippen LogP contribution in [0, 0.1) is 5.92 Å². The molecule has 0 unspecified atom stereocenters. The molecule has 0 amide bonds. The largest absolute Gasteiger partial charge is 0.493 e. The van der Waals surface area contributed by atoms with Gasteiger partial charge in [0.15, 0.2) is 0 Å². The molecule has 110 valence electrons. The first-order valence-electron chi connectivity index (χ1n) is 7.97. The summed E-state index contributed by atoms with van der Waals surface area (Å²) in [5.74, 6) is 2.60. The van der Waals surface area contributed by atoms with Gasteiger partial charge in [-0.1, -0.05) is 13.0 Å². The third kappa shape index (κ3) is 3.45. The van der Waals surface area contributed by atoms with Crippen molar-refractivity contribution in [2.75, 3.05) is 32.0 Å². The minimum absolute atomic E-state index is 0.713. The summed E-state index contributed by atoms with van der Waals surface area (Å²) in [7, 11) is 0. The Bertz CT molecular complexity index is 456. The number of hydrogen-bond acceptors (Lipinski definition) is 3. The van der Waals surface area contributed by atoms with Crippen LogP contribution in [0.25, 0.3) is 0 Å². The normalized spacial score (nSPS) is 23.1. The molecule has 1 aliphatic heterocycles. The third-order valence-corrected chi connectivity index (χ3v) is 4.44. The van der Waals surface area contributed by atoms with E-state index in [1.54, 1.807) is 0 Å². The quantitative estimate of drug-likeness (QED) is 0.639. The number of anilines is 1. The van der Waals surface area contributed by atoms with E-state index in [-0.39, 0.29) is 0 Å². The molecule has 2 fully saturated rings. The van der Waals surface area contributed by atoms with Crippen molar-refractivity contribution in [2.45, 2.75) is 38.5 Å². The maximum atomic E-state index is 6.00. The Morgan fingerprint density at radius 2 is 2.15 bits per heavy atom. The lowest BCUT2D eigenvalue weighted by Crippen LogP contribution is -2.23. The van der Waals surface area contributed by atoms with Crippen molar-refractivity contribution in [1.82, 2.24) is 4.90 Å². The molecule has 3 rings (SSSR count). The first kappa shape index (κ1) is 13.7. The van der Waals surface area contributed by atoms with Crippen molar-refractivity contribution in [3.8, 4) is 5.75 Å². The molecule has 1 heterocycles. The van der Waals surface area contributed by atoms with Crippen molar-refractivity contribution in [3.05, 3.63) is 23.8 Å². The molecule has 1 saturated heterocycles. The number of benzene rings is 1. The van der Waals surface area contributed by atoms with Crippen LogP contribution in [0.2, 0.25) is 0 Å². The van der Waals surface area contributed by atoms with Crippen LogP contribution in [0.4, 0.5) is 5.69 Å². The van der Waals surface area contributed by atoms with Crippen LogP contribution in [0.1, 0.15) is 44.1 Å². The van der Waals surface area contributed by atoms with Gasteiger partial charge in [0, 0.05) is 24.8 Å². The van der Waals surface area contributed by atoms with Gasteiger partial charge in [-0.25, -0.2) is 0 Å². The maximum Gasteiger partial charge on any atom is 0.124 e. The van der Waals surface area contributed by atoms with Crippen molar-refractivity contribution in [1.29, 1.82) is 0 Å². The lowest BCUT2D eigenvalue weighted by atomic mass is 10.1. The second-order valence-corrected chi connectivity index (χ2v) is 6.47. The van der Waals surface area contributed by atoms with E-state index in [0.29, 0.717) is 5.92 Å². The Balaban J connectivity index is 1.47. The molecule has 1 aliphatic carbocycles. The Labute approximate surface area is 122 Å². The van der Waals surface area contributed by atoms with E-state index >= 15 is 0 Å². The average Bonchev–Trinajstić information content (AvgIpc) is 3.18. The number of hydrogen-bond donors (Lipinski definition) is 1. The Morgan fingerprint density at radius 1 is 1.30 bits per heavy atom. The molecule has 20 heavy (non-hydrogen) atoms. The maximum absolute atomic E-state index is 6.00. The lowest BCUT2D eigenvalue weighted by Gasteiger charge is -2.16. The van der Waals surface area contributed by atoms with Gasteiger partial charge in [0.1, 0.15) is 5.75 Å². The zero-order chi connectivity index (χ0) is 13.9. The standard InChI is InChI=1S/C17H26N2O/c1-13-7-9-19(12-13)8-2-10-20-17-11-15(18)5-6-16(17)14-3-4-14/h5-6,11,13-14H,2-4,7-10,12,18H2,1H3/t13-/m1/s1. The first-order valence-corrected chi connectivity index (χ1v) is 7.97. The van der Waals surface area contributed by atoms with Crippen LogP contribution in [-0.4, -0.2) is 31.1 Å². The van der Waals surface area contributed by atoms with E-state index in [9.17, 15) is 0 Å². The van der Waals surface area contributed by atoms with Crippen molar-refractivity contribution < 1.29 is 4.74 Å². The fourth-order valence-corrected chi connectivity index (χ4v) is 3.11. The molecule has 2 N–H and O–H groups in total. The monoisotopic (exact) mass is 274 g/mol. The molecule has 0 spiro atoms. The second-order valence-electron chi connectivity index (χ2n) is 6.47. The lowest BCUT2D eigenvalue weighted by molar-refractivity contribution is 0.258. The van der Waals surface area contributed by atoms with Gasteiger partial charge in [0.2, 0.25) is 0 Å². The van der Waals surface area contributed by atoms with Gasteiger partial charge >= 0.3 is 0 Å². The van der Waals surface area contributed by atoms with Crippen molar-refractivity contribution in [3.63, 3.8) is 0 Å². The van der Waals surface area contributed by atoms with Gasteiger partial charge in [0.25, 0.3) is 0 Å². The minimum Gasteiger partial charge on any atom is -0.493 e. The van der Waals surface area contributed by atoms with Crippen LogP contribution in [-0.2, 0) is 0 Å². The molecule has 3 nitrogen and oxygen atoms in total. The molecule has 1 saturated carbocycles. The van der Waals surface area contributed by atoms with E-state index < -0.39 is 0 Å². The first-order chi connectivity index (χ1) is 9.72. The van der Waals surface area contributed by atoms with Crippen LogP contribution in [0.5, 0.6) is 5.75 Å². The van der Waals surface area contributed by atoms with E-state index in [4.69, 9.17) is 10.5 Å². The fraction of sp³-hybridized carbons (Fsp3) is 0.647. The highest BCUT2D eigenvalue weighted by atomic mass is 16.5. The second kappa shape index (κ2) is 6.04. The number of ether oxygens (including phenoxy) is 1. The molecule has 0 radical (unpaired) electrons. The van der Waals surface area contributed by atoms with Gasteiger partial charge in [-0.05, 0) is 55.7 Å². The van der Waals surface area contributed by atoms with Gasteiger partial charge < -0.3 is 15.4 Å². The van der Waals surface area contributed by atoms with Crippen LogP contribution < -0.4 is 10.5 Å². The number of nitrogens with two attached hydrogens (primary N) is 1. The Morgan fingerprint density at radius 3 is 2.85 bits per heavy atom. The van der Waals surface area contributed by atoms with Gasteiger partial charge in [-0.3, -0.25) is 0 Å². The summed E-state index contributed by atoms with van der Waals surface area (Å²) < 4.78 is 6.00. The molecule has 1 aromatic rings. The summed E-state index contributed by atoms with van der Waals surface area (Å²) in [5.41, 5.74) is 8.04. The van der Waals surface area contributed by atoms with E-state index in [2.05, 4.69) is 17.9 Å². The van der Waals surface area contributed by atoms with Crippen LogP contribution >= 0.6 is 0 Å². The topological polar surface area (TPSA) is 38.5 Å². The predicted molar refractivity (Wildman–Crippen MR) is 83.2 cm³/mol. The summed E-state index contributed by atoms with van der Waals surface area (Å²) in [6, 6.07) is 6.13. The Kier molecular flexibility index (Phi) is 4.16. The minimum atomic E-state index is 0.713. The van der Waals surface area contributed by atoms with E-state index in [0.717, 1.165) is 36.9 Å².